The lowest BCUT2D eigenvalue weighted by Crippen LogP contribution is -2.16. The molecule has 0 unspecified atom stereocenters. The van der Waals surface area contributed by atoms with Crippen LogP contribution in [0.4, 0.5) is 5.13 Å². The summed E-state index contributed by atoms with van der Waals surface area (Å²) in [6, 6.07) is 18.2. The van der Waals surface area contributed by atoms with E-state index >= 15 is 0 Å². The molecule has 0 aliphatic rings. The van der Waals surface area contributed by atoms with E-state index in [1.165, 1.54) is 16.9 Å². The Kier molecular flexibility index (Phi) is 5.87. The van der Waals surface area contributed by atoms with Gasteiger partial charge in [-0.2, -0.15) is 0 Å². The number of amides is 1. The van der Waals surface area contributed by atoms with Gasteiger partial charge in [-0.25, -0.2) is 0 Å². The lowest BCUT2D eigenvalue weighted by atomic mass is 9.99. The highest BCUT2D eigenvalue weighted by Crippen LogP contribution is 2.28. The molecule has 0 spiro atoms. The smallest absolute Gasteiger partial charge is 0.230 e. The Balaban J connectivity index is 1.41. The summed E-state index contributed by atoms with van der Waals surface area (Å²) in [5.41, 5.74) is 5.13. The number of fused-ring (bicyclic) bond motifs is 1. The molecule has 1 N–H and O–H groups in total. The molecule has 29 heavy (non-hydrogen) atoms. The Bertz CT molecular complexity index is 1160. The number of carbonyl (C=O) groups excluding carboxylic acids is 1. The van der Waals surface area contributed by atoms with Gasteiger partial charge in [0.1, 0.15) is 0 Å². The molecule has 0 aliphatic carbocycles. The van der Waals surface area contributed by atoms with Crippen LogP contribution in [0.1, 0.15) is 22.4 Å². The van der Waals surface area contributed by atoms with Crippen molar-refractivity contribution in [2.75, 3.05) is 5.32 Å². The van der Waals surface area contributed by atoms with Crippen LogP contribution < -0.4 is 5.32 Å². The average molecular weight is 421 g/mol. The predicted molar refractivity (Wildman–Crippen MR) is 119 cm³/mol. The molecule has 4 rings (SSSR count). The second-order valence-electron chi connectivity index (χ2n) is 6.69. The van der Waals surface area contributed by atoms with E-state index in [9.17, 15) is 4.79 Å². The summed E-state index contributed by atoms with van der Waals surface area (Å²) in [4.78, 5) is 17.2. The molecule has 0 bridgehead atoms. The van der Waals surface area contributed by atoms with E-state index in [1.54, 1.807) is 11.8 Å². The normalized spacial score (nSPS) is 11.0. The van der Waals surface area contributed by atoms with E-state index in [-0.39, 0.29) is 12.3 Å². The van der Waals surface area contributed by atoms with Crippen molar-refractivity contribution in [2.45, 2.75) is 30.4 Å². The Hall–Kier alpha value is -2.77. The first-order valence-corrected chi connectivity index (χ1v) is 11.1. The van der Waals surface area contributed by atoms with Gasteiger partial charge in [0.15, 0.2) is 4.34 Å². The maximum atomic E-state index is 12.6. The maximum absolute atomic E-state index is 12.6. The van der Waals surface area contributed by atoms with Gasteiger partial charge in [-0.15, -0.1) is 10.2 Å². The number of pyridine rings is 1. The van der Waals surface area contributed by atoms with Gasteiger partial charge >= 0.3 is 0 Å². The summed E-state index contributed by atoms with van der Waals surface area (Å²) in [6.45, 7) is 3.99. The Morgan fingerprint density at radius 1 is 1.03 bits per heavy atom. The van der Waals surface area contributed by atoms with Gasteiger partial charge in [-0.05, 0) is 36.6 Å². The van der Waals surface area contributed by atoms with Crippen molar-refractivity contribution in [3.8, 4) is 0 Å². The van der Waals surface area contributed by atoms with Crippen molar-refractivity contribution in [3.05, 3.63) is 77.0 Å². The van der Waals surface area contributed by atoms with Gasteiger partial charge in [0.05, 0.1) is 11.9 Å². The molecule has 0 saturated heterocycles. The molecular weight excluding hydrogens is 400 g/mol. The lowest BCUT2D eigenvalue weighted by Gasteiger charge is -2.12. The minimum absolute atomic E-state index is 0.107. The molecule has 1 amide bonds. The number of hydrogen-bond donors (Lipinski definition) is 1. The van der Waals surface area contributed by atoms with Crippen molar-refractivity contribution in [2.24, 2.45) is 0 Å². The molecule has 2 heterocycles. The third-order valence-electron chi connectivity index (χ3n) is 4.68. The Labute approximate surface area is 177 Å². The zero-order valence-corrected chi connectivity index (χ0v) is 17.8. The highest BCUT2D eigenvalue weighted by molar-refractivity contribution is 8.00. The molecule has 2 aromatic heterocycles. The van der Waals surface area contributed by atoms with Crippen molar-refractivity contribution >= 4 is 45.0 Å². The van der Waals surface area contributed by atoms with Crippen molar-refractivity contribution < 1.29 is 4.79 Å². The summed E-state index contributed by atoms with van der Waals surface area (Å²) in [5, 5.41) is 12.8. The topological polar surface area (TPSA) is 67.8 Å². The monoisotopic (exact) mass is 420 g/mol. The fourth-order valence-corrected chi connectivity index (χ4v) is 4.92. The number of aromatic nitrogens is 3. The molecule has 4 aromatic rings. The molecule has 2 aromatic carbocycles. The van der Waals surface area contributed by atoms with Crippen LogP contribution in [0.3, 0.4) is 0 Å². The van der Waals surface area contributed by atoms with Crippen molar-refractivity contribution in [1.29, 1.82) is 0 Å². The van der Waals surface area contributed by atoms with Gasteiger partial charge in [0, 0.05) is 16.8 Å². The number of para-hydroxylation sites is 1. The number of carbonyl (C=O) groups is 1. The second-order valence-corrected chi connectivity index (χ2v) is 8.89. The summed E-state index contributed by atoms with van der Waals surface area (Å²) < 4.78 is 0.837. The average Bonchev–Trinajstić information content (AvgIpc) is 3.17. The van der Waals surface area contributed by atoms with Crippen LogP contribution in [0.2, 0.25) is 0 Å². The summed E-state index contributed by atoms with van der Waals surface area (Å²) in [5.74, 6) is 0.717. The van der Waals surface area contributed by atoms with Crippen LogP contribution in [-0.4, -0.2) is 21.1 Å². The van der Waals surface area contributed by atoms with Gasteiger partial charge < -0.3 is 5.32 Å². The molecule has 0 fully saturated rings. The van der Waals surface area contributed by atoms with Crippen LogP contribution in [0.5, 0.6) is 0 Å². The van der Waals surface area contributed by atoms with Crippen LogP contribution in [0.25, 0.3) is 10.9 Å². The van der Waals surface area contributed by atoms with E-state index < -0.39 is 0 Å². The van der Waals surface area contributed by atoms with E-state index in [1.807, 2.05) is 56.3 Å². The number of thioether (sulfide) groups is 1. The minimum atomic E-state index is -0.107. The van der Waals surface area contributed by atoms with Crippen molar-refractivity contribution in [1.82, 2.24) is 15.2 Å². The highest BCUT2D eigenvalue weighted by Gasteiger charge is 2.15. The van der Waals surface area contributed by atoms with Crippen LogP contribution in [0.15, 0.2) is 58.9 Å². The maximum Gasteiger partial charge on any atom is 0.230 e. The summed E-state index contributed by atoms with van der Waals surface area (Å²) in [7, 11) is 0. The number of nitrogens with one attached hydrogen (secondary N) is 1. The minimum Gasteiger partial charge on any atom is -0.300 e. The van der Waals surface area contributed by atoms with Gasteiger partial charge in [-0.1, -0.05) is 71.6 Å². The second kappa shape index (κ2) is 8.71. The first-order chi connectivity index (χ1) is 14.1. The van der Waals surface area contributed by atoms with Gasteiger partial charge in [-0.3, -0.25) is 9.78 Å². The first kappa shape index (κ1) is 19.5. The van der Waals surface area contributed by atoms with E-state index in [2.05, 4.69) is 32.6 Å². The SMILES string of the molecule is Cc1nc2ccccc2c(C)c1CC(=O)Nc1nnc(SCc2ccccc2)s1. The van der Waals surface area contributed by atoms with Crippen LogP contribution >= 0.6 is 23.1 Å². The van der Waals surface area contributed by atoms with Crippen LogP contribution in [-0.2, 0) is 17.0 Å². The molecule has 0 radical (unpaired) electrons. The number of hydrogen-bond acceptors (Lipinski definition) is 6. The Morgan fingerprint density at radius 3 is 2.62 bits per heavy atom. The molecule has 5 nitrogen and oxygen atoms in total. The van der Waals surface area contributed by atoms with E-state index in [0.29, 0.717) is 5.13 Å². The quantitative estimate of drug-likeness (QED) is 0.344. The number of benzene rings is 2. The molecule has 0 saturated carbocycles. The zero-order valence-electron chi connectivity index (χ0n) is 16.2. The molecule has 146 valence electrons. The standard InChI is InChI=1S/C22H20N4OS2/c1-14-17-10-6-7-11-19(17)23-15(2)18(14)12-20(27)24-21-25-26-22(29-21)28-13-16-8-4-3-5-9-16/h3-11H,12-13H2,1-2H3,(H,24,25,27). The van der Waals surface area contributed by atoms with E-state index in [4.69, 9.17) is 0 Å². The predicted octanol–water partition coefficient (Wildman–Crippen LogP) is 5.18. The fourth-order valence-electron chi connectivity index (χ4n) is 3.19. The fraction of sp³-hybridized carbons (Fsp3) is 0.182. The highest BCUT2D eigenvalue weighted by atomic mass is 32.2. The third-order valence-corrected chi connectivity index (χ3v) is 6.72. The summed E-state index contributed by atoms with van der Waals surface area (Å²) >= 11 is 3.01. The number of nitrogens with zero attached hydrogens (tertiary/aromatic N) is 3. The largest absolute Gasteiger partial charge is 0.300 e. The van der Waals surface area contributed by atoms with Gasteiger partial charge in [0.2, 0.25) is 11.0 Å². The third kappa shape index (κ3) is 4.63. The van der Waals surface area contributed by atoms with Crippen molar-refractivity contribution in [3.63, 3.8) is 0 Å². The molecule has 0 aliphatic heterocycles. The number of aryl methyl sites for hydroxylation is 2. The number of anilines is 1. The summed E-state index contributed by atoms with van der Waals surface area (Å²) in [6.07, 6.45) is 0.265. The lowest BCUT2D eigenvalue weighted by molar-refractivity contribution is -0.115. The van der Waals surface area contributed by atoms with Gasteiger partial charge in [0.25, 0.3) is 0 Å². The van der Waals surface area contributed by atoms with Crippen LogP contribution in [0, 0.1) is 13.8 Å². The molecule has 0 atom stereocenters. The zero-order chi connectivity index (χ0) is 20.2. The molecular formula is C22H20N4OS2. The number of rotatable bonds is 6. The Morgan fingerprint density at radius 2 is 1.79 bits per heavy atom. The first-order valence-electron chi connectivity index (χ1n) is 9.25. The van der Waals surface area contributed by atoms with E-state index in [0.717, 1.165) is 37.8 Å². The molecule has 7 heteroatoms.